The van der Waals surface area contributed by atoms with Gasteiger partial charge in [-0.15, -0.1) is 11.3 Å². The Balaban J connectivity index is 1.73. The number of hydrogen-bond acceptors (Lipinski definition) is 6. The molecule has 0 unspecified atom stereocenters. The molecule has 0 saturated carbocycles. The first kappa shape index (κ1) is 22.9. The second-order valence-electron chi connectivity index (χ2n) is 7.58. The van der Waals surface area contributed by atoms with Gasteiger partial charge in [0.25, 0.3) is 5.56 Å². The smallest absolute Gasteiger partial charge is 0.337 e. The number of aromatic amines is 1. The van der Waals surface area contributed by atoms with Gasteiger partial charge in [0.05, 0.1) is 17.6 Å². The van der Waals surface area contributed by atoms with Gasteiger partial charge in [-0.1, -0.05) is 18.2 Å². The van der Waals surface area contributed by atoms with E-state index in [4.69, 9.17) is 0 Å². The molecule has 0 aliphatic rings. The summed E-state index contributed by atoms with van der Waals surface area (Å²) >= 11 is 1.44. The Morgan fingerprint density at radius 1 is 1.06 bits per heavy atom. The fraction of sp³-hybridized carbons (Fsp3) is 0.167. The van der Waals surface area contributed by atoms with Crippen LogP contribution in [0.3, 0.4) is 0 Å². The topological polar surface area (TPSA) is 96.5 Å². The highest BCUT2D eigenvalue weighted by atomic mass is 32.2. The van der Waals surface area contributed by atoms with Gasteiger partial charge < -0.3 is 9.72 Å². The number of hydrogen-bond donors (Lipinski definition) is 1. The molecule has 0 atom stereocenters. The summed E-state index contributed by atoms with van der Waals surface area (Å²) in [6, 6.07) is 16.7. The van der Waals surface area contributed by atoms with Gasteiger partial charge in [0.2, 0.25) is 10.0 Å². The Kier molecular flexibility index (Phi) is 6.46. The molecule has 2 aromatic carbocycles. The van der Waals surface area contributed by atoms with Gasteiger partial charge in [0, 0.05) is 29.0 Å². The predicted octanol–water partition coefficient (Wildman–Crippen LogP) is 4.08. The van der Waals surface area contributed by atoms with Crippen LogP contribution in [-0.4, -0.2) is 30.8 Å². The number of thiophene rings is 1. The first-order valence-electron chi connectivity index (χ1n) is 10.1. The normalized spacial score (nSPS) is 11.7. The maximum atomic E-state index is 13.5. The second kappa shape index (κ2) is 9.30. The third-order valence-electron chi connectivity index (χ3n) is 5.25. The molecule has 0 aliphatic carbocycles. The van der Waals surface area contributed by atoms with Gasteiger partial charge in [-0.3, -0.25) is 4.79 Å². The number of benzene rings is 2. The van der Waals surface area contributed by atoms with Gasteiger partial charge in [0.1, 0.15) is 0 Å². The van der Waals surface area contributed by atoms with Gasteiger partial charge in [-0.05, 0) is 65.7 Å². The summed E-state index contributed by atoms with van der Waals surface area (Å²) in [5, 5.41) is 2.70. The van der Waals surface area contributed by atoms with E-state index >= 15 is 0 Å². The number of pyridine rings is 1. The van der Waals surface area contributed by atoms with Crippen molar-refractivity contribution in [1.29, 1.82) is 0 Å². The van der Waals surface area contributed by atoms with Crippen LogP contribution in [0.25, 0.3) is 10.9 Å². The number of nitrogens with zero attached hydrogens (tertiary/aromatic N) is 1. The molecule has 0 aliphatic heterocycles. The summed E-state index contributed by atoms with van der Waals surface area (Å²) < 4.78 is 33.0. The molecule has 0 bridgehead atoms. The Hall–Kier alpha value is -3.27. The molecular formula is C24H22N2O5S2. The lowest BCUT2D eigenvalue weighted by molar-refractivity contribution is 0.0600. The van der Waals surface area contributed by atoms with Crippen LogP contribution in [0.5, 0.6) is 0 Å². The number of carbonyl (C=O) groups excluding carboxylic acids is 1. The van der Waals surface area contributed by atoms with Crippen molar-refractivity contribution in [2.24, 2.45) is 0 Å². The van der Waals surface area contributed by atoms with Crippen LogP contribution in [0.4, 0.5) is 0 Å². The minimum atomic E-state index is -3.97. The van der Waals surface area contributed by atoms with E-state index in [1.807, 2.05) is 42.6 Å². The fourth-order valence-corrected chi connectivity index (χ4v) is 5.70. The molecule has 0 saturated heterocycles. The fourth-order valence-electron chi connectivity index (χ4n) is 3.50. The van der Waals surface area contributed by atoms with E-state index in [1.165, 1.54) is 47.0 Å². The SMILES string of the molecule is COC(=O)c1ccc(S(=O)(=O)N(Cc2cccs2)Cc2cc3ccc(C)cc3[nH]c2=O)cc1. The van der Waals surface area contributed by atoms with Crippen LogP contribution in [0.15, 0.2) is 75.7 Å². The molecule has 4 rings (SSSR count). The van der Waals surface area contributed by atoms with Crippen molar-refractivity contribution in [2.75, 3.05) is 7.11 Å². The van der Waals surface area contributed by atoms with Gasteiger partial charge >= 0.3 is 5.97 Å². The van der Waals surface area contributed by atoms with E-state index in [0.29, 0.717) is 11.1 Å². The van der Waals surface area contributed by atoms with Crippen molar-refractivity contribution in [3.05, 3.63) is 98.0 Å². The molecular weight excluding hydrogens is 460 g/mol. The summed E-state index contributed by atoms with van der Waals surface area (Å²) in [7, 11) is -2.70. The average molecular weight is 483 g/mol. The van der Waals surface area contributed by atoms with E-state index < -0.39 is 16.0 Å². The number of sulfonamides is 1. The van der Waals surface area contributed by atoms with Gasteiger partial charge in [0.15, 0.2) is 0 Å². The highest BCUT2D eigenvalue weighted by Gasteiger charge is 2.26. The largest absolute Gasteiger partial charge is 0.465 e. The molecule has 0 radical (unpaired) electrons. The first-order chi connectivity index (χ1) is 15.8. The molecule has 0 spiro atoms. The molecule has 1 N–H and O–H groups in total. The van der Waals surface area contributed by atoms with Crippen molar-refractivity contribution in [2.45, 2.75) is 24.9 Å². The number of methoxy groups -OCH3 is 1. The number of ether oxygens (including phenoxy) is 1. The molecule has 9 heteroatoms. The van der Waals surface area contributed by atoms with Crippen molar-refractivity contribution in [3.63, 3.8) is 0 Å². The number of rotatable bonds is 7. The van der Waals surface area contributed by atoms with Crippen LogP contribution in [-0.2, 0) is 27.8 Å². The van der Waals surface area contributed by atoms with Crippen molar-refractivity contribution >= 4 is 38.2 Å². The molecule has 7 nitrogen and oxygen atoms in total. The van der Waals surface area contributed by atoms with E-state index in [0.717, 1.165) is 15.8 Å². The third kappa shape index (κ3) is 4.90. The first-order valence-corrected chi connectivity index (χ1v) is 12.4. The summed E-state index contributed by atoms with van der Waals surface area (Å²) in [5.41, 5.74) is 1.98. The number of fused-ring (bicyclic) bond motifs is 1. The lowest BCUT2D eigenvalue weighted by Crippen LogP contribution is -2.32. The van der Waals surface area contributed by atoms with E-state index in [2.05, 4.69) is 9.72 Å². The maximum Gasteiger partial charge on any atom is 0.337 e. The lowest BCUT2D eigenvalue weighted by atomic mass is 10.1. The van der Waals surface area contributed by atoms with Gasteiger partial charge in [-0.2, -0.15) is 4.31 Å². The number of H-pyrrole nitrogens is 1. The van der Waals surface area contributed by atoms with Crippen LogP contribution in [0.2, 0.25) is 0 Å². The molecule has 2 aromatic heterocycles. The maximum absolute atomic E-state index is 13.5. The van der Waals surface area contributed by atoms with Crippen molar-refractivity contribution in [3.8, 4) is 0 Å². The number of aryl methyl sites for hydroxylation is 1. The summed E-state index contributed by atoms with van der Waals surface area (Å²) in [6.07, 6.45) is 0. The average Bonchev–Trinajstić information content (AvgIpc) is 3.32. The third-order valence-corrected chi connectivity index (χ3v) is 7.92. The predicted molar refractivity (Wildman–Crippen MR) is 128 cm³/mol. The number of nitrogens with one attached hydrogen (secondary N) is 1. The van der Waals surface area contributed by atoms with E-state index in [-0.39, 0.29) is 29.1 Å². The Bertz CT molecular complexity index is 1460. The molecule has 0 fully saturated rings. The Morgan fingerprint density at radius 2 is 1.82 bits per heavy atom. The summed E-state index contributed by atoms with van der Waals surface area (Å²) in [6.45, 7) is 1.95. The molecule has 2 heterocycles. The standard InChI is InChI=1S/C24H22N2O5S2/c1-16-5-6-18-13-19(23(27)25-22(18)12-16)14-26(15-20-4-3-11-32-20)33(29,30)21-9-7-17(8-10-21)24(28)31-2/h3-13H,14-15H2,1-2H3,(H,25,27). The van der Waals surface area contributed by atoms with E-state index in [1.54, 1.807) is 6.07 Å². The van der Waals surface area contributed by atoms with E-state index in [9.17, 15) is 18.0 Å². The minimum Gasteiger partial charge on any atom is -0.465 e. The monoisotopic (exact) mass is 482 g/mol. The molecule has 0 amide bonds. The van der Waals surface area contributed by atoms with Gasteiger partial charge in [-0.25, -0.2) is 13.2 Å². The Labute approximate surface area is 195 Å². The van der Waals surface area contributed by atoms with Crippen molar-refractivity contribution in [1.82, 2.24) is 9.29 Å². The number of carbonyl (C=O) groups is 1. The second-order valence-corrected chi connectivity index (χ2v) is 10.6. The summed E-state index contributed by atoms with van der Waals surface area (Å²) in [4.78, 5) is 28.2. The molecule has 33 heavy (non-hydrogen) atoms. The zero-order chi connectivity index (χ0) is 23.6. The van der Waals surface area contributed by atoms with Crippen LogP contribution >= 0.6 is 11.3 Å². The zero-order valence-electron chi connectivity index (χ0n) is 18.1. The number of aromatic nitrogens is 1. The highest BCUT2D eigenvalue weighted by molar-refractivity contribution is 7.89. The van der Waals surface area contributed by atoms with Crippen LogP contribution in [0, 0.1) is 6.92 Å². The summed E-state index contributed by atoms with van der Waals surface area (Å²) in [5.74, 6) is -0.549. The molecule has 4 aromatic rings. The Morgan fingerprint density at radius 3 is 2.48 bits per heavy atom. The zero-order valence-corrected chi connectivity index (χ0v) is 19.7. The minimum absolute atomic E-state index is 0.0274. The lowest BCUT2D eigenvalue weighted by Gasteiger charge is -2.22. The highest BCUT2D eigenvalue weighted by Crippen LogP contribution is 2.24. The van der Waals surface area contributed by atoms with Crippen LogP contribution in [0.1, 0.15) is 26.4 Å². The number of esters is 1. The quantitative estimate of drug-likeness (QED) is 0.401. The molecule has 170 valence electrons. The van der Waals surface area contributed by atoms with Crippen molar-refractivity contribution < 1.29 is 17.9 Å². The van der Waals surface area contributed by atoms with Crippen LogP contribution < -0.4 is 5.56 Å².